The number of fused-ring (bicyclic) bond motifs is 7. The zero-order valence-corrected chi connectivity index (χ0v) is 18.0. The molecule has 1 aliphatic carbocycles. The normalized spacial score (nSPS) is 26.8. The predicted octanol–water partition coefficient (Wildman–Crippen LogP) is 3.41. The fraction of sp³-hybridized carbons (Fsp3) is 0.500. The van der Waals surface area contributed by atoms with Crippen molar-refractivity contribution in [3.8, 4) is 34.1 Å². The molecule has 2 heterocycles. The Kier molecular flexibility index (Phi) is 4.79. The molecule has 2 aliphatic heterocycles. The van der Waals surface area contributed by atoms with Crippen molar-refractivity contribution in [1.29, 1.82) is 0 Å². The second kappa shape index (κ2) is 7.36. The number of rotatable bonds is 4. The summed E-state index contributed by atoms with van der Waals surface area (Å²) in [4.78, 5) is 2.46. The highest BCUT2D eigenvalue weighted by Crippen LogP contribution is 2.56. The van der Waals surface area contributed by atoms with Crippen LogP contribution in [0.15, 0.2) is 24.3 Å². The molecule has 2 aromatic rings. The minimum atomic E-state index is -0.427. The standard InChI is InChI=1S/C24H29NO5/c1-27-19-8-13-14-9-20(28-2)22(30-4)11-16(14)23-17(15(13)10-21(19)29-3)12-25-7-5-6-18(25)24(23)26/h8-11,17-18,23-24,26H,5-7,12H2,1-4H3/t17-,18?,23?,24+/m1/s1. The summed E-state index contributed by atoms with van der Waals surface area (Å²) in [6, 6.07) is 8.45. The Hall–Kier alpha value is -2.44. The molecular weight excluding hydrogens is 382 g/mol. The summed E-state index contributed by atoms with van der Waals surface area (Å²) in [5.74, 6) is 2.98. The van der Waals surface area contributed by atoms with Crippen LogP contribution in [0.3, 0.4) is 0 Å². The van der Waals surface area contributed by atoms with Gasteiger partial charge in [0.25, 0.3) is 0 Å². The molecule has 2 saturated heterocycles. The molecule has 0 spiro atoms. The number of hydrogen-bond donors (Lipinski definition) is 1. The molecular formula is C24H29NO5. The Morgan fingerprint density at radius 1 is 0.800 bits per heavy atom. The molecule has 5 rings (SSSR count). The quantitative estimate of drug-likeness (QED) is 0.832. The number of hydrogen-bond acceptors (Lipinski definition) is 6. The van der Waals surface area contributed by atoms with Crippen molar-refractivity contribution in [2.45, 2.75) is 36.8 Å². The van der Waals surface area contributed by atoms with E-state index in [1.165, 1.54) is 5.56 Å². The van der Waals surface area contributed by atoms with Gasteiger partial charge < -0.3 is 24.1 Å². The molecule has 0 aromatic heterocycles. The number of aliphatic hydroxyl groups is 1. The van der Waals surface area contributed by atoms with Gasteiger partial charge in [0.15, 0.2) is 23.0 Å². The van der Waals surface area contributed by atoms with Gasteiger partial charge in [-0.1, -0.05) is 0 Å². The van der Waals surface area contributed by atoms with Gasteiger partial charge in [0.1, 0.15) is 0 Å². The smallest absolute Gasteiger partial charge is 0.161 e. The SMILES string of the molecule is COc1cc2c(cc1OC)C1[C@@H](O)C3CCCN3C[C@@H]1c1cc(OC)c(OC)cc1-2. The summed E-state index contributed by atoms with van der Waals surface area (Å²) in [5, 5.41) is 11.5. The van der Waals surface area contributed by atoms with Crippen LogP contribution in [0.2, 0.25) is 0 Å². The predicted molar refractivity (Wildman–Crippen MR) is 114 cm³/mol. The van der Waals surface area contributed by atoms with Crippen LogP contribution in [0, 0.1) is 0 Å². The maximum Gasteiger partial charge on any atom is 0.161 e. The van der Waals surface area contributed by atoms with Gasteiger partial charge in [-0.15, -0.1) is 0 Å². The molecule has 0 bridgehead atoms. The van der Waals surface area contributed by atoms with Crippen LogP contribution in [0.1, 0.15) is 35.8 Å². The summed E-state index contributed by atoms with van der Waals surface area (Å²) in [6.07, 6.45) is 1.76. The molecule has 2 unspecified atom stereocenters. The fourth-order valence-electron chi connectivity index (χ4n) is 5.84. The topological polar surface area (TPSA) is 60.4 Å². The second-order valence-corrected chi connectivity index (χ2v) is 8.42. The maximum atomic E-state index is 11.5. The highest BCUT2D eigenvalue weighted by molar-refractivity contribution is 5.80. The van der Waals surface area contributed by atoms with E-state index in [-0.39, 0.29) is 17.9 Å². The van der Waals surface area contributed by atoms with E-state index in [1.54, 1.807) is 28.4 Å². The number of benzene rings is 2. The molecule has 1 N–H and O–H groups in total. The van der Waals surface area contributed by atoms with Gasteiger partial charge in [-0.3, -0.25) is 4.90 Å². The third-order valence-corrected chi connectivity index (χ3v) is 7.20. The van der Waals surface area contributed by atoms with E-state index in [4.69, 9.17) is 18.9 Å². The van der Waals surface area contributed by atoms with Crippen molar-refractivity contribution in [1.82, 2.24) is 4.90 Å². The van der Waals surface area contributed by atoms with Gasteiger partial charge in [0.2, 0.25) is 0 Å². The van der Waals surface area contributed by atoms with Crippen LogP contribution in [-0.2, 0) is 0 Å². The Bertz CT molecular complexity index is 975. The number of piperidine rings is 1. The van der Waals surface area contributed by atoms with Crippen LogP contribution < -0.4 is 18.9 Å². The van der Waals surface area contributed by atoms with E-state index in [9.17, 15) is 5.11 Å². The molecule has 0 amide bonds. The molecule has 6 nitrogen and oxygen atoms in total. The van der Waals surface area contributed by atoms with Gasteiger partial charge in [-0.2, -0.15) is 0 Å². The molecule has 6 heteroatoms. The van der Waals surface area contributed by atoms with Gasteiger partial charge >= 0.3 is 0 Å². The Balaban J connectivity index is 1.77. The number of aliphatic hydroxyl groups excluding tert-OH is 1. The molecule has 2 fully saturated rings. The minimum absolute atomic E-state index is 0.00440. The molecule has 30 heavy (non-hydrogen) atoms. The largest absolute Gasteiger partial charge is 0.493 e. The van der Waals surface area contributed by atoms with Crippen LogP contribution in [0.4, 0.5) is 0 Å². The lowest BCUT2D eigenvalue weighted by Crippen LogP contribution is -2.52. The second-order valence-electron chi connectivity index (χ2n) is 8.42. The van der Waals surface area contributed by atoms with Crippen molar-refractivity contribution in [2.24, 2.45) is 0 Å². The number of nitrogens with zero attached hydrogens (tertiary/aromatic N) is 1. The molecule has 3 aliphatic rings. The van der Waals surface area contributed by atoms with E-state index in [1.807, 2.05) is 6.07 Å². The van der Waals surface area contributed by atoms with Crippen molar-refractivity contribution in [3.05, 3.63) is 35.4 Å². The molecule has 4 atom stereocenters. The Morgan fingerprint density at radius 3 is 1.93 bits per heavy atom. The lowest BCUT2D eigenvalue weighted by molar-refractivity contribution is 0.00400. The van der Waals surface area contributed by atoms with E-state index >= 15 is 0 Å². The van der Waals surface area contributed by atoms with Gasteiger partial charge in [0, 0.05) is 24.4 Å². The monoisotopic (exact) mass is 411 g/mol. The highest BCUT2D eigenvalue weighted by Gasteiger charge is 2.49. The summed E-state index contributed by atoms with van der Waals surface area (Å²) in [5.41, 5.74) is 4.49. The zero-order valence-electron chi connectivity index (χ0n) is 18.0. The van der Waals surface area contributed by atoms with Gasteiger partial charge in [-0.25, -0.2) is 0 Å². The highest BCUT2D eigenvalue weighted by atomic mass is 16.5. The summed E-state index contributed by atoms with van der Waals surface area (Å²) in [7, 11) is 6.63. The van der Waals surface area contributed by atoms with Crippen molar-refractivity contribution in [3.63, 3.8) is 0 Å². The van der Waals surface area contributed by atoms with Crippen LogP contribution >= 0.6 is 0 Å². The minimum Gasteiger partial charge on any atom is -0.493 e. The van der Waals surface area contributed by atoms with Gasteiger partial charge in [-0.05, 0) is 65.9 Å². The molecule has 160 valence electrons. The average Bonchev–Trinajstić information content (AvgIpc) is 3.26. The Labute approximate surface area is 177 Å². The summed E-state index contributed by atoms with van der Waals surface area (Å²) >= 11 is 0. The first kappa shape index (κ1) is 19.5. The average molecular weight is 411 g/mol. The van der Waals surface area contributed by atoms with Crippen LogP contribution in [-0.4, -0.2) is 63.7 Å². The zero-order chi connectivity index (χ0) is 21.0. The lowest BCUT2D eigenvalue weighted by atomic mass is 9.65. The first-order chi connectivity index (χ1) is 14.6. The van der Waals surface area contributed by atoms with Crippen molar-refractivity contribution in [2.75, 3.05) is 41.5 Å². The third-order valence-electron chi connectivity index (χ3n) is 7.20. The van der Waals surface area contributed by atoms with Gasteiger partial charge in [0.05, 0.1) is 34.5 Å². The van der Waals surface area contributed by atoms with Crippen LogP contribution in [0.5, 0.6) is 23.0 Å². The first-order valence-electron chi connectivity index (χ1n) is 10.6. The van der Waals surface area contributed by atoms with E-state index < -0.39 is 6.10 Å². The lowest BCUT2D eigenvalue weighted by Gasteiger charge is -2.48. The maximum absolute atomic E-state index is 11.5. The molecule has 0 radical (unpaired) electrons. The molecule has 0 saturated carbocycles. The van der Waals surface area contributed by atoms with E-state index in [0.717, 1.165) is 48.4 Å². The van der Waals surface area contributed by atoms with E-state index in [2.05, 4.69) is 23.1 Å². The van der Waals surface area contributed by atoms with Crippen molar-refractivity contribution < 1.29 is 24.1 Å². The summed E-state index contributed by atoms with van der Waals surface area (Å²) in [6.45, 7) is 1.98. The van der Waals surface area contributed by atoms with Crippen LogP contribution in [0.25, 0.3) is 11.1 Å². The van der Waals surface area contributed by atoms with Crippen molar-refractivity contribution >= 4 is 0 Å². The number of ether oxygens (including phenoxy) is 4. The fourth-order valence-corrected chi connectivity index (χ4v) is 5.84. The van der Waals surface area contributed by atoms with E-state index in [0.29, 0.717) is 17.2 Å². The Morgan fingerprint density at radius 2 is 1.33 bits per heavy atom. The molecule has 2 aromatic carbocycles. The summed E-state index contributed by atoms with van der Waals surface area (Å²) < 4.78 is 22.4. The first-order valence-corrected chi connectivity index (χ1v) is 10.6. The third kappa shape index (κ3) is 2.70. The number of methoxy groups -OCH3 is 4.